The SMILES string of the molecule is CCCCCCN1C(=O)C(c2ccccc2)=C(N2CCC(Cc3ccccc3)CC2)C1=O. The molecule has 0 bridgehead atoms. The van der Waals surface area contributed by atoms with Gasteiger partial charge in [0.25, 0.3) is 11.8 Å². The van der Waals surface area contributed by atoms with Crippen molar-refractivity contribution >= 4 is 17.4 Å². The van der Waals surface area contributed by atoms with Crippen LogP contribution in [-0.4, -0.2) is 41.2 Å². The summed E-state index contributed by atoms with van der Waals surface area (Å²) in [6.07, 6.45) is 7.36. The molecule has 0 spiro atoms. The Labute approximate surface area is 191 Å². The summed E-state index contributed by atoms with van der Waals surface area (Å²) in [5, 5.41) is 0. The molecular weight excluding hydrogens is 396 g/mol. The molecule has 1 fully saturated rings. The molecule has 2 amide bonds. The molecule has 4 rings (SSSR count). The van der Waals surface area contributed by atoms with Crippen LogP contribution in [0.4, 0.5) is 0 Å². The number of unbranched alkanes of at least 4 members (excludes halogenated alkanes) is 3. The molecule has 0 aromatic heterocycles. The molecule has 4 heteroatoms. The van der Waals surface area contributed by atoms with Gasteiger partial charge in [-0.25, -0.2) is 0 Å². The summed E-state index contributed by atoms with van der Waals surface area (Å²) in [5.41, 5.74) is 3.44. The summed E-state index contributed by atoms with van der Waals surface area (Å²) in [5.74, 6) is 0.387. The molecule has 4 nitrogen and oxygen atoms in total. The molecule has 0 aliphatic carbocycles. The first-order valence-electron chi connectivity index (χ1n) is 12.1. The lowest BCUT2D eigenvalue weighted by atomic mass is 9.89. The first-order chi connectivity index (χ1) is 15.7. The van der Waals surface area contributed by atoms with E-state index in [-0.39, 0.29) is 11.8 Å². The number of piperidine rings is 1. The Kier molecular flexibility index (Phi) is 7.41. The number of benzene rings is 2. The van der Waals surface area contributed by atoms with Crippen molar-refractivity contribution in [2.24, 2.45) is 5.92 Å². The number of rotatable bonds is 9. The first kappa shape index (κ1) is 22.3. The number of hydrogen-bond donors (Lipinski definition) is 0. The van der Waals surface area contributed by atoms with Crippen molar-refractivity contribution in [2.45, 2.75) is 51.9 Å². The molecule has 2 heterocycles. The molecular formula is C28H34N2O2. The van der Waals surface area contributed by atoms with Crippen molar-refractivity contribution in [1.82, 2.24) is 9.80 Å². The second-order valence-electron chi connectivity index (χ2n) is 9.03. The zero-order chi connectivity index (χ0) is 22.3. The number of carbonyl (C=O) groups is 2. The number of hydrogen-bond acceptors (Lipinski definition) is 3. The van der Waals surface area contributed by atoms with Crippen LogP contribution >= 0.6 is 0 Å². The van der Waals surface area contributed by atoms with Gasteiger partial charge in [0.1, 0.15) is 5.70 Å². The van der Waals surface area contributed by atoms with E-state index in [2.05, 4.69) is 42.2 Å². The second kappa shape index (κ2) is 10.6. The Morgan fingerprint density at radius 1 is 0.812 bits per heavy atom. The van der Waals surface area contributed by atoms with Gasteiger partial charge in [0, 0.05) is 19.6 Å². The van der Waals surface area contributed by atoms with Gasteiger partial charge < -0.3 is 4.90 Å². The molecule has 2 aromatic carbocycles. The van der Waals surface area contributed by atoms with E-state index < -0.39 is 0 Å². The zero-order valence-corrected chi connectivity index (χ0v) is 19.1. The van der Waals surface area contributed by atoms with Crippen LogP contribution in [0.1, 0.15) is 56.6 Å². The highest BCUT2D eigenvalue weighted by Crippen LogP contribution is 2.34. The Morgan fingerprint density at radius 3 is 2.12 bits per heavy atom. The van der Waals surface area contributed by atoms with Gasteiger partial charge in [0.05, 0.1) is 5.57 Å². The Morgan fingerprint density at radius 2 is 1.47 bits per heavy atom. The highest BCUT2D eigenvalue weighted by molar-refractivity contribution is 6.35. The lowest BCUT2D eigenvalue weighted by molar-refractivity contribution is -0.137. The summed E-state index contributed by atoms with van der Waals surface area (Å²) < 4.78 is 0. The number of amides is 2. The van der Waals surface area contributed by atoms with Crippen LogP contribution in [0.5, 0.6) is 0 Å². The van der Waals surface area contributed by atoms with Crippen LogP contribution < -0.4 is 0 Å². The van der Waals surface area contributed by atoms with Crippen LogP contribution in [0, 0.1) is 5.92 Å². The van der Waals surface area contributed by atoms with Crippen LogP contribution in [0.15, 0.2) is 66.4 Å². The standard InChI is InChI=1S/C28H34N2O2/c1-2-3-4-11-18-30-27(31)25(24-14-9-6-10-15-24)26(28(30)32)29-19-16-23(17-20-29)21-22-12-7-5-8-13-22/h5-10,12-15,23H,2-4,11,16-21H2,1H3. The van der Waals surface area contributed by atoms with Gasteiger partial charge in [-0.05, 0) is 42.7 Å². The molecule has 32 heavy (non-hydrogen) atoms. The van der Waals surface area contributed by atoms with Crippen LogP contribution in [0.2, 0.25) is 0 Å². The van der Waals surface area contributed by atoms with Crippen molar-refractivity contribution < 1.29 is 9.59 Å². The predicted molar refractivity (Wildman–Crippen MR) is 129 cm³/mol. The summed E-state index contributed by atoms with van der Waals surface area (Å²) in [7, 11) is 0. The Bertz CT molecular complexity index is 944. The molecule has 0 atom stereocenters. The third-order valence-corrected chi connectivity index (χ3v) is 6.74. The minimum atomic E-state index is -0.126. The van der Waals surface area contributed by atoms with Gasteiger partial charge in [-0.15, -0.1) is 0 Å². The molecule has 1 saturated heterocycles. The first-order valence-corrected chi connectivity index (χ1v) is 12.1. The van der Waals surface area contributed by atoms with Crippen molar-refractivity contribution in [2.75, 3.05) is 19.6 Å². The maximum atomic E-state index is 13.4. The molecule has 0 radical (unpaired) electrons. The summed E-state index contributed by atoms with van der Waals surface area (Å²) in [6.45, 7) is 4.33. The van der Waals surface area contributed by atoms with Crippen molar-refractivity contribution in [3.63, 3.8) is 0 Å². The van der Waals surface area contributed by atoms with E-state index in [4.69, 9.17) is 0 Å². The van der Waals surface area contributed by atoms with E-state index in [0.717, 1.165) is 63.6 Å². The van der Waals surface area contributed by atoms with Crippen LogP contribution in [0.3, 0.4) is 0 Å². The quantitative estimate of drug-likeness (QED) is 0.400. The normalized spacial score (nSPS) is 17.5. The van der Waals surface area contributed by atoms with Gasteiger partial charge >= 0.3 is 0 Å². The van der Waals surface area contributed by atoms with Crippen molar-refractivity contribution in [3.05, 3.63) is 77.5 Å². The number of likely N-dealkylation sites (tertiary alicyclic amines) is 1. The lowest BCUT2D eigenvalue weighted by Crippen LogP contribution is -2.39. The number of nitrogens with zero attached hydrogens (tertiary/aromatic N) is 2. The second-order valence-corrected chi connectivity index (χ2v) is 9.03. The average Bonchev–Trinajstić information content (AvgIpc) is 3.08. The third kappa shape index (κ3) is 4.95. The monoisotopic (exact) mass is 430 g/mol. The fourth-order valence-electron chi connectivity index (χ4n) is 4.93. The highest BCUT2D eigenvalue weighted by atomic mass is 16.2. The molecule has 0 N–H and O–H groups in total. The van der Waals surface area contributed by atoms with Crippen LogP contribution in [-0.2, 0) is 16.0 Å². The minimum Gasteiger partial charge on any atom is -0.366 e. The van der Waals surface area contributed by atoms with Gasteiger partial charge in [-0.1, -0.05) is 86.8 Å². The maximum Gasteiger partial charge on any atom is 0.277 e. The number of carbonyl (C=O) groups excluding carboxylic acids is 2. The Hall–Kier alpha value is -2.88. The minimum absolute atomic E-state index is 0.105. The molecule has 2 aromatic rings. The predicted octanol–water partition coefficient (Wildman–Crippen LogP) is 5.30. The third-order valence-electron chi connectivity index (χ3n) is 6.74. The summed E-state index contributed by atoms with van der Waals surface area (Å²) in [6, 6.07) is 20.4. The summed E-state index contributed by atoms with van der Waals surface area (Å²) in [4.78, 5) is 30.5. The lowest BCUT2D eigenvalue weighted by Gasteiger charge is -2.34. The maximum absolute atomic E-state index is 13.4. The van der Waals surface area contributed by atoms with Gasteiger partial charge in [-0.2, -0.15) is 0 Å². The smallest absolute Gasteiger partial charge is 0.277 e. The fourth-order valence-corrected chi connectivity index (χ4v) is 4.93. The largest absolute Gasteiger partial charge is 0.366 e. The van der Waals surface area contributed by atoms with Gasteiger partial charge in [-0.3, -0.25) is 14.5 Å². The molecule has 2 aliphatic heterocycles. The van der Waals surface area contributed by atoms with Crippen LogP contribution in [0.25, 0.3) is 5.57 Å². The number of imide groups is 1. The van der Waals surface area contributed by atoms with Gasteiger partial charge in [0.2, 0.25) is 0 Å². The molecule has 0 saturated carbocycles. The molecule has 168 valence electrons. The topological polar surface area (TPSA) is 40.6 Å². The van der Waals surface area contributed by atoms with Crippen molar-refractivity contribution in [1.29, 1.82) is 0 Å². The van der Waals surface area contributed by atoms with E-state index in [1.807, 2.05) is 30.3 Å². The van der Waals surface area contributed by atoms with Crippen molar-refractivity contribution in [3.8, 4) is 0 Å². The molecule has 2 aliphatic rings. The Balaban J connectivity index is 1.50. The zero-order valence-electron chi connectivity index (χ0n) is 19.1. The van der Waals surface area contributed by atoms with Gasteiger partial charge in [0.15, 0.2) is 0 Å². The van der Waals surface area contributed by atoms with E-state index in [1.54, 1.807) is 0 Å². The van der Waals surface area contributed by atoms with E-state index in [0.29, 0.717) is 23.7 Å². The highest BCUT2D eigenvalue weighted by Gasteiger charge is 2.41. The average molecular weight is 431 g/mol. The van der Waals surface area contributed by atoms with E-state index in [1.165, 1.54) is 10.5 Å². The van der Waals surface area contributed by atoms with E-state index in [9.17, 15) is 9.59 Å². The summed E-state index contributed by atoms with van der Waals surface area (Å²) >= 11 is 0. The molecule has 0 unspecified atom stereocenters. The van der Waals surface area contributed by atoms with E-state index >= 15 is 0 Å². The fraction of sp³-hybridized carbons (Fsp3) is 0.429.